The largest absolute Gasteiger partial charge is 0.479 e. The second-order valence-corrected chi connectivity index (χ2v) is 3.36. The molecule has 1 aliphatic heterocycles. The van der Waals surface area contributed by atoms with Gasteiger partial charge in [-0.1, -0.05) is 6.92 Å². The van der Waals surface area contributed by atoms with Crippen molar-refractivity contribution >= 4 is 11.9 Å². The molecular formula is C9H15NO5. The number of carbonyl (C=O) groups is 2. The molecule has 0 saturated carbocycles. The molecule has 15 heavy (non-hydrogen) atoms. The minimum absolute atomic E-state index is 0.0848. The molecule has 2 N–H and O–H groups in total. The third-order valence-electron chi connectivity index (χ3n) is 2.32. The zero-order valence-electron chi connectivity index (χ0n) is 8.56. The lowest BCUT2D eigenvalue weighted by Gasteiger charge is -2.15. The first kappa shape index (κ1) is 11.9. The number of carboxylic acid groups (broad SMARTS) is 1. The summed E-state index contributed by atoms with van der Waals surface area (Å²) in [5.41, 5.74) is 2.12. The fourth-order valence-electron chi connectivity index (χ4n) is 1.60. The molecule has 86 valence electrons. The Morgan fingerprint density at radius 1 is 1.60 bits per heavy atom. The molecule has 0 spiro atoms. The van der Waals surface area contributed by atoms with Crippen LogP contribution in [-0.2, 0) is 19.2 Å². The van der Waals surface area contributed by atoms with Gasteiger partial charge in [0.1, 0.15) is 0 Å². The Morgan fingerprint density at radius 2 is 2.33 bits per heavy atom. The summed E-state index contributed by atoms with van der Waals surface area (Å²) in [7, 11) is 0. The molecule has 1 aliphatic rings. The summed E-state index contributed by atoms with van der Waals surface area (Å²) in [6.45, 7) is 1.97. The van der Waals surface area contributed by atoms with E-state index in [2.05, 4.69) is 10.3 Å². The van der Waals surface area contributed by atoms with Crippen LogP contribution >= 0.6 is 0 Å². The Labute approximate surface area is 87.5 Å². The zero-order valence-corrected chi connectivity index (χ0v) is 8.56. The monoisotopic (exact) mass is 217 g/mol. The first-order chi connectivity index (χ1) is 7.15. The predicted octanol–water partition coefficient (Wildman–Crippen LogP) is -0.0661. The van der Waals surface area contributed by atoms with Crippen LogP contribution < -0.4 is 5.48 Å². The molecule has 2 unspecified atom stereocenters. The Kier molecular flexibility index (Phi) is 4.51. The minimum atomic E-state index is -1.12. The Bertz CT molecular complexity index is 243. The number of ether oxygens (including phenoxy) is 1. The maximum Gasteiger partial charge on any atom is 0.332 e. The van der Waals surface area contributed by atoms with E-state index in [4.69, 9.17) is 9.84 Å². The Morgan fingerprint density at radius 3 is 2.93 bits per heavy atom. The highest BCUT2D eigenvalue weighted by Crippen LogP contribution is 2.23. The lowest BCUT2D eigenvalue weighted by Crippen LogP contribution is -2.36. The molecule has 6 nitrogen and oxygen atoms in total. The molecule has 2 atom stereocenters. The van der Waals surface area contributed by atoms with Crippen molar-refractivity contribution < 1.29 is 24.3 Å². The van der Waals surface area contributed by atoms with Gasteiger partial charge in [0.15, 0.2) is 6.61 Å². The van der Waals surface area contributed by atoms with Crippen molar-refractivity contribution in [3.05, 3.63) is 0 Å². The molecule has 0 aromatic carbocycles. The van der Waals surface area contributed by atoms with Crippen molar-refractivity contribution in [2.24, 2.45) is 5.92 Å². The van der Waals surface area contributed by atoms with E-state index in [9.17, 15) is 9.59 Å². The molecule has 0 radical (unpaired) electrons. The van der Waals surface area contributed by atoms with E-state index in [-0.39, 0.29) is 17.9 Å². The van der Waals surface area contributed by atoms with Crippen LogP contribution in [0.4, 0.5) is 0 Å². The normalized spacial score (nSPS) is 25.1. The van der Waals surface area contributed by atoms with Gasteiger partial charge in [-0.25, -0.2) is 10.3 Å². The minimum Gasteiger partial charge on any atom is -0.479 e. The molecule has 0 aromatic heterocycles. The number of hydroxylamine groups is 1. The summed E-state index contributed by atoms with van der Waals surface area (Å²) in [6, 6.07) is 0. The molecule has 0 aliphatic carbocycles. The summed E-state index contributed by atoms with van der Waals surface area (Å²) in [5, 5.41) is 8.29. The molecule has 1 heterocycles. The predicted molar refractivity (Wildman–Crippen MR) is 49.9 cm³/mol. The van der Waals surface area contributed by atoms with Crippen molar-refractivity contribution in [1.82, 2.24) is 5.48 Å². The lowest BCUT2D eigenvalue weighted by molar-refractivity contribution is -0.151. The number of amides is 1. The molecule has 1 rings (SSSR count). The first-order valence-electron chi connectivity index (χ1n) is 4.90. The van der Waals surface area contributed by atoms with Gasteiger partial charge >= 0.3 is 5.97 Å². The van der Waals surface area contributed by atoms with Crippen LogP contribution in [0.25, 0.3) is 0 Å². The summed E-state index contributed by atoms with van der Waals surface area (Å²) in [5.74, 6) is -1.66. The highest BCUT2D eigenvalue weighted by molar-refractivity contribution is 5.78. The maximum absolute atomic E-state index is 11.5. The molecule has 6 heteroatoms. The van der Waals surface area contributed by atoms with Gasteiger partial charge in [0.2, 0.25) is 5.91 Å². The van der Waals surface area contributed by atoms with Crippen LogP contribution in [0.3, 0.4) is 0 Å². The smallest absolute Gasteiger partial charge is 0.332 e. The van der Waals surface area contributed by atoms with E-state index in [0.29, 0.717) is 13.0 Å². The molecule has 0 aromatic rings. The van der Waals surface area contributed by atoms with E-state index in [0.717, 1.165) is 6.42 Å². The van der Waals surface area contributed by atoms with Crippen molar-refractivity contribution in [2.45, 2.75) is 25.9 Å². The van der Waals surface area contributed by atoms with Crippen LogP contribution in [0, 0.1) is 5.92 Å². The average Bonchev–Trinajstić information content (AvgIpc) is 2.64. The highest BCUT2D eigenvalue weighted by atomic mass is 16.7. The molecule has 1 amide bonds. The van der Waals surface area contributed by atoms with E-state index >= 15 is 0 Å². The Hall–Kier alpha value is -1.14. The topological polar surface area (TPSA) is 84.9 Å². The van der Waals surface area contributed by atoms with Gasteiger partial charge in [0, 0.05) is 6.61 Å². The molecule has 1 saturated heterocycles. The number of carbonyl (C=O) groups excluding carboxylic acids is 1. The fourth-order valence-corrected chi connectivity index (χ4v) is 1.60. The standard InChI is InChI=1S/C9H15NO5/c1-2-7-6(3-4-14-7)9(13)10-15-5-8(11)12/h6-7H,2-5H2,1H3,(H,10,13)(H,11,12). The van der Waals surface area contributed by atoms with Gasteiger partial charge in [0.05, 0.1) is 12.0 Å². The summed E-state index contributed by atoms with van der Waals surface area (Å²) >= 11 is 0. The zero-order chi connectivity index (χ0) is 11.3. The summed E-state index contributed by atoms with van der Waals surface area (Å²) in [4.78, 5) is 26.1. The van der Waals surface area contributed by atoms with Crippen LogP contribution in [0.2, 0.25) is 0 Å². The van der Waals surface area contributed by atoms with Crippen molar-refractivity contribution in [3.8, 4) is 0 Å². The lowest BCUT2D eigenvalue weighted by atomic mass is 9.99. The first-order valence-corrected chi connectivity index (χ1v) is 4.90. The highest BCUT2D eigenvalue weighted by Gasteiger charge is 2.32. The fraction of sp³-hybridized carbons (Fsp3) is 0.778. The Balaban J connectivity index is 2.29. The van der Waals surface area contributed by atoms with Crippen LogP contribution in [0.15, 0.2) is 0 Å². The van der Waals surface area contributed by atoms with Crippen LogP contribution in [0.5, 0.6) is 0 Å². The van der Waals surface area contributed by atoms with E-state index in [1.807, 2.05) is 6.92 Å². The maximum atomic E-state index is 11.5. The quantitative estimate of drug-likeness (QED) is 0.630. The van der Waals surface area contributed by atoms with Gasteiger partial charge in [-0.05, 0) is 12.8 Å². The van der Waals surface area contributed by atoms with Crippen LogP contribution in [0.1, 0.15) is 19.8 Å². The SMILES string of the molecule is CCC1OCCC1C(=O)NOCC(=O)O. The third kappa shape index (κ3) is 3.49. The van der Waals surface area contributed by atoms with Gasteiger partial charge < -0.3 is 9.84 Å². The van der Waals surface area contributed by atoms with Gasteiger partial charge in [-0.2, -0.15) is 0 Å². The van der Waals surface area contributed by atoms with Crippen molar-refractivity contribution in [1.29, 1.82) is 0 Å². The van der Waals surface area contributed by atoms with Crippen molar-refractivity contribution in [2.75, 3.05) is 13.2 Å². The van der Waals surface area contributed by atoms with E-state index in [1.165, 1.54) is 0 Å². The van der Waals surface area contributed by atoms with Gasteiger partial charge in [-0.15, -0.1) is 0 Å². The van der Waals surface area contributed by atoms with Crippen LogP contribution in [-0.4, -0.2) is 36.3 Å². The van der Waals surface area contributed by atoms with E-state index < -0.39 is 12.6 Å². The van der Waals surface area contributed by atoms with Gasteiger partial charge in [0.25, 0.3) is 0 Å². The molecule has 0 bridgehead atoms. The number of carboxylic acids is 1. The summed E-state index contributed by atoms with van der Waals surface area (Å²) in [6.07, 6.45) is 1.33. The second kappa shape index (κ2) is 5.67. The second-order valence-electron chi connectivity index (χ2n) is 3.36. The number of aliphatic carboxylic acids is 1. The summed E-state index contributed by atoms with van der Waals surface area (Å²) < 4.78 is 5.33. The molecule has 1 fully saturated rings. The average molecular weight is 217 g/mol. The number of rotatable bonds is 5. The van der Waals surface area contributed by atoms with E-state index in [1.54, 1.807) is 0 Å². The van der Waals surface area contributed by atoms with Gasteiger partial charge in [-0.3, -0.25) is 9.63 Å². The number of hydrogen-bond donors (Lipinski definition) is 2. The number of hydrogen-bond acceptors (Lipinski definition) is 4. The molecular weight excluding hydrogens is 202 g/mol. The third-order valence-corrected chi connectivity index (χ3v) is 2.32. The van der Waals surface area contributed by atoms with Crippen molar-refractivity contribution in [3.63, 3.8) is 0 Å². The number of nitrogens with one attached hydrogen (secondary N) is 1.